The normalized spacial score (nSPS) is 20.5. The largest absolute Gasteiger partial charge is 0.330 e. The molecule has 4 heteroatoms. The minimum absolute atomic E-state index is 0.745. The molecule has 26 heavy (non-hydrogen) atoms. The lowest BCUT2D eigenvalue weighted by molar-refractivity contribution is 0.170. The van der Waals surface area contributed by atoms with Gasteiger partial charge in [-0.2, -0.15) is 0 Å². The van der Waals surface area contributed by atoms with Gasteiger partial charge in [-0.25, -0.2) is 0 Å². The van der Waals surface area contributed by atoms with E-state index >= 15 is 0 Å². The Hall–Kier alpha value is -0.680. The molecule has 2 aromatic rings. The highest BCUT2D eigenvalue weighted by Gasteiger charge is 2.22. The minimum Gasteiger partial charge on any atom is -0.330 e. The van der Waals surface area contributed by atoms with Crippen molar-refractivity contribution in [1.29, 1.82) is 0 Å². The van der Waals surface area contributed by atoms with Gasteiger partial charge in [-0.15, -0.1) is 0 Å². The van der Waals surface area contributed by atoms with Gasteiger partial charge in [0, 0.05) is 28.6 Å². The molecular formula is C22H28Br2N2. The molecule has 2 aromatic carbocycles. The first kappa shape index (κ1) is 20.1. The lowest BCUT2D eigenvalue weighted by atomic mass is 9.82. The lowest BCUT2D eigenvalue weighted by Crippen LogP contribution is -2.32. The molecule has 0 saturated heterocycles. The van der Waals surface area contributed by atoms with Gasteiger partial charge in [-0.3, -0.25) is 4.90 Å². The average Bonchev–Trinajstić information content (AvgIpc) is 2.66. The van der Waals surface area contributed by atoms with Gasteiger partial charge in [0.1, 0.15) is 0 Å². The van der Waals surface area contributed by atoms with E-state index in [1.54, 1.807) is 0 Å². The van der Waals surface area contributed by atoms with Gasteiger partial charge < -0.3 is 5.73 Å². The van der Waals surface area contributed by atoms with Gasteiger partial charge in [0.25, 0.3) is 0 Å². The summed E-state index contributed by atoms with van der Waals surface area (Å²) in [7, 11) is 0. The zero-order valence-corrected chi connectivity index (χ0v) is 18.4. The molecule has 1 fully saturated rings. The number of rotatable bonds is 7. The topological polar surface area (TPSA) is 29.3 Å². The molecule has 140 valence electrons. The van der Waals surface area contributed by atoms with Crippen molar-refractivity contribution in [2.24, 2.45) is 17.6 Å². The van der Waals surface area contributed by atoms with E-state index in [0.717, 1.165) is 42.5 Å². The second kappa shape index (κ2) is 10.0. The van der Waals surface area contributed by atoms with Crippen molar-refractivity contribution in [3.05, 3.63) is 68.6 Å². The van der Waals surface area contributed by atoms with Crippen LogP contribution in [0.5, 0.6) is 0 Å². The second-order valence-electron chi connectivity index (χ2n) is 7.51. The molecule has 0 unspecified atom stereocenters. The summed E-state index contributed by atoms with van der Waals surface area (Å²) >= 11 is 7.25. The van der Waals surface area contributed by atoms with Gasteiger partial charge >= 0.3 is 0 Å². The third-order valence-electron chi connectivity index (χ3n) is 5.49. The molecule has 0 bridgehead atoms. The molecule has 0 radical (unpaired) electrons. The molecule has 0 heterocycles. The number of nitrogens with two attached hydrogens (primary N) is 1. The average molecular weight is 480 g/mol. The Bertz CT molecular complexity index is 679. The molecule has 0 aromatic heterocycles. The van der Waals surface area contributed by atoms with E-state index in [0.29, 0.717) is 0 Å². The molecular weight excluding hydrogens is 452 g/mol. The van der Waals surface area contributed by atoms with E-state index in [1.807, 2.05) is 0 Å². The molecule has 1 aliphatic rings. The Balaban J connectivity index is 1.68. The lowest BCUT2D eigenvalue weighted by Gasteiger charge is -2.32. The third kappa shape index (κ3) is 5.91. The van der Waals surface area contributed by atoms with E-state index in [2.05, 4.69) is 85.3 Å². The summed E-state index contributed by atoms with van der Waals surface area (Å²) in [4.78, 5) is 2.61. The Morgan fingerprint density at radius 3 is 2.15 bits per heavy atom. The first-order valence-electron chi connectivity index (χ1n) is 9.54. The van der Waals surface area contributed by atoms with E-state index in [1.165, 1.54) is 41.3 Å². The van der Waals surface area contributed by atoms with Crippen LogP contribution in [-0.2, 0) is 13.1 Å². The van der Waals surface area contributed by atoms with Crippen LogP contribution in [0.25, 0.3) is 0 Å². The molecule has 3 rings (SSSR count). The first-order valence-corrected chi connectivity index (χ1v) is 11.1. The molecule has 0 aliphatic heterocycles. The van der Waals surface area contributed by atoms with E-state index in [4.69, 9.17) is 5.73 Å². The fourth-order valence-electron chi connectivity index (χ4n) is 3.92. The van der Waals surface area contributed by atoms with Crippen LogP contribution in [0.15, 0.2) is 57.5 Å². The van der Waals surface area contributed by atoms with E-state index in [-0.39, 0.29) is 0 Å². The Kier molecular flexibility index (Phi) is 7.74. The van der Waals surface area contributed by atoms with Crippen LogP contribution in [-0.4, -0.2) is 18.0 Å². The maximum absolute atomic E-state index is 5.86. The van der Waals surface area contributed by atoms with Crippen molar-refractivity contribution in [3.8, 4) is 0 Å². The van der Waals surface area contributed by atoms with Crippen LogP contribution in [0.1, 0.15) is 36.8 Å². The van der Waals surface area contributed by atoms with Crippen molar-refractivity contribution in [3.63, 3.8) is 0 Å². The molecule has 2 N–H and O–H groups in total. The quantitative estimate of drug-likeness (QED) is 0.529. The number of hydrogen-bond acceptors (Lipinski definition) is 2. The van der Waals surface area contributed by atoms with Gasteiger partial charge in [0.05, 0.1) is 0 Å². The van der Waals surface area contributed by atoms with Crippen molar-refractivity contribution < 1.29 is 0 Å². The third-order valence-corrected chi connectivity index (χ3v) is 6.79. The smallest absolute Gasteiger partial charge is 0.0248 e. The summed E-state index contributed by atoms with van der Waals surface area (Å²) < 4.78 is 2.34. The molecule has 1 aliphatic carbocycles. The van der Waals surface area contributed by atoms with Crippen LogP contribution < -0.4 is 5.73 Å². The highest BCUT2D eigenvalue weighted by Crippen LogP contribution is 2.30. The van der Waals surface area contributed by atoms with E-state index < -0.39 is 0 Å². The van der Waals surface area contributed by atoms with Crippen molar-refractivity contribution in [2.45, 2.75) is 38.8 Å². The summed E-state index contributed by atoms with van der Waals surface area (Å²) in [6, 6.07) is 17.3. The van der Waals surface area contributed by atoms with Crippen molar-refractivity contribution >= 4 is 31.9 Å². The summed E-state index contributed by atoms with van der Waals surface area (Å²) in [5.74, 6) is 1.53. The Morgan fingerprint density at radius 1 is 0.846 bits per heavy atom. The molecule has 2 nitrogen and oxygen atoms in total. The summed E-state index contributed by atoms with van der Waals surface area (Å²) in [5, 5.41) is 0. The molecule has 0 amide bonds. The second-order valence-corrected chi connectivity index (χ2v) is 9.28. The number of benzene rings is 2. The van der Waals surface area contributed by atoms with Crippen LogP contribution in [0.3, 0.4) is 0 Å². The predicted molar refractivity (Wildman–Crippen MR) is 117 cm³/mol. The Morgan fingerprint density at radius 2 is 1.50 bits per heavy atom. The van der Waals surface area contributed by atoms with Crippen molar-refractivity contribution in [2.75, 3.05) is 13.1 Å². The maximum Gasteiger partial charge on any atom is 0.0248 e. The zero-order valence-electron chi connectivity index (χ0n) is 15.2. The van der Waals surface area contributed by atoms with Gasteiger partial charge in [0.15, 0.2) is 0 Å². The monoisotopic (exact) mass is 478 g/mol. The van der Waals surface area contributed by atoms with Gasteiger partial charge in [0.2, 0.25) is 0 Å². The molecule has 0 atom stereocenters. The number of halogens is 2. The summed E-state index contributed by atoms with van der Waals surface area (Å²) in [6.45, 7) is 3.99. The van der Waals surface area contributed by atoms with E-state index in [9.17, 15) is 0 Å². The van der Waals surface area contributed by atoms with Crippen LogP contribution in [0, 0.1) is 11.8 Å². The van der Waals surface area contributed by atoms with Gasteiger partial charge in [-0.05, 0) is 73.4 Å². The molecule has 1 saturated carbocycles. The minimum atomic E-state index is 0.745. The first-order chi connectivity index (χ1) is 12.6. The van der Waals surface area contributed by atoms with Crippen molar-refractivity contribution in [1.82, 2.24) is 4.90 Å². The fourth-order valence-corrected chi connectivity index (χ4v) is 4.59. The summed E-state index contributed by atoms with van der Waals surface area (Å²) in [6.07, 6.45) is 5.22. The summed E-state index contributed by atoms with van der Waals surface area (Å²) in [5.41, 5.74) is 8.60. The zero-order chi connectivity index (χ0) is 18.4. The highest BCUT2D eigenvalue weighted by atomic mass is 79.9. The maximum atomic E-state index is 5.86. The fraction of sp³-hybridized carbons (Fsp3) is 0.455. The number of nitrogens with zero attached hydrogens (tertiary/aromatic N) is 1. The SMILES string of the molecule is NCC1CCC(CN(Cc2ccc(Br)cc2)Cc2ccccc2Br)CC1. The van der Waals surface area contributed by atoms with Crippen LogP contribution >= 0.6 is 31.9 Å². The van der Waals surface area contributed by atoms with Gasteiger partial charge in [-0.1, -0.05) is 62.2 Å². The van der Waals surface area contributed by atoms with Crippen LogP contribution in [0.2, 0.25) is 0 Å². The predicted octanol–water partition coefficient (Wildman–Crippen LogP) is 5.98. The standard InChI is InChI=1S/C22H28Br2N2/c23-21-11-9-19(10-12-21)15-26(16-20-3-1-2-4-22(20)24)14-18-7-5-17(13-25)6-8-18/h1-4,9-12,17-18H,5-8,13-16,25H2. The number of hydrogen-bond donors (Lipinski definition) is 1. The Labute approximate surface area is 174 Å². The molecule has 0 spiro atoms. The van der Waals surface area contributed by atoms with Crippen LogP contribution in [0.4, 0.5) is 0 Å². The highest BCUT2D eigenvalue weighted by molar-refractivity contribution is 9.10.